The number of aliphatic hydroxyl groups is 1. The largest absolute Gasteiger partial charge is 0.481 e. The first kappa shape index (κ1) is 20.8. The van der Waals surface area contributed by atoms with Crippen LogP contribution < -0.4 is 10.1 Å². The van der Waals surface area contributed by atoms with E-state index >= 15 is 0 Å². The van der Waals surface area contributed by atoms with Gasteiger partial charge in [0.05, 0.1) is 0 Å². The van der Waals surface area contributed by atoms with Crippen molar-refractivity contribution in [2.45, 2.75) is 32.0 Å². The first-order valence-corrected chi connectivity index (χ1v) is 10.4. The second-order valence-electron chi connectivity index (χ2n) is 7.28. The number of hydrogen-bond donors (Lipinski definition) is 2. The molecule has 0 bridgehead atoms. The van der Waals surface area contributed by atoms with E-state index in [0.29, 0.717) is 5.75 Å². The smallest absolute Gasteiger partial charge is 0.261 e. The maximum atomic E-state index is 12.7. The number of carbonyl (C=O) groups excluding carboxylic acids is 1. The fourth-order valence-electron chi connectivity index (χ4n) is 3.53. The molecule has 5 nitrogen and oxygen atoms in total. The molecule has 1 amide bonds. The number of hydrogen-bond acceptors (Lipinski definition) is 4. The van der Waals surface area contributed by atoms with E-state index in [4.69, 9.17) is 4.74 Å². The van der Waals surface area contributed by atoms with Crippen LogP contribution in [0.4, 0.5) is 0 Å². The predicted octanol–water partition coefficient (Wildman–Crippen LogP) is 3.22. The van der Waals surface area contributed by atoms with Crippen molar-refractivity contribution in [2.75, 3.05) is 19.7 Å². The van der Waals surface area contributed by atoms with Crippen LogP contribution in [0.5, 0.6) is 5.75 Å². The van der Waals surface area contributed by atoms with Crippen molar-refractivity contribution in [3.8, 4) is 5.75 Å². The Morgan fingerprint density at radius 1 is 1.29 bits per heavy atom. The third-order valence-electron chi connectivity index (χ3n) is 5.13. The Balaban J connectivity index is 1.58. The molecule has 2 aromatic rings. The molecule has 2 N–H and O–H groups in total. The highest BCUT2D eigenvalue weighted by molar-refractivity contribution is 9.10. The summed E-state index contributed by atoms with van der Waals surface area (Å²) in [6.07, 6.45) is 0.243. The Morgan fingerprint density at radius 2 is 2.07 bits per heavy atom. The molecule has 1 heterocycles. The first-order chi connectivity index (χ1) is 13.5. The van der Waals surface area contributed by atoms with Gasteiger partial charge in [0.25, 0.3) is 5.91 Å². The fourth-order valence-corrected chi connectivity index (χ4v) is 3.91. The van der Waals surface area contributed by atoms with Crippen molar-refractivity contribution >= 4 is 21.8 Å². The lowest BCUT2D eigenvalue weighted by atomic mass is 9.91. The molecule has 1 aliphatic heterocycles. The van der Waals surface area contributed by atoms with Crippen molar-refractivity contribution in [3.05, 3.63) is 64.6 Å². The summed E-state index contributed by atoms with van der Waals surface area (Å²) in [6.45, 7) is 4.29. The van der Waals surface area contributed by atoms with Gasteiger partial charge in [-0.25, -0.2) is 0 Å². The van der Waals surface area contributed by atoms with E-state index in [1.54, 1.807) is 6.92 Å². The lowest BCUT2D eigenvalue weighted by Crippen LogP contribution is -2.55. The number of piperidine rings is 1. The molecule has 0 aliphatic carbocycles. The minimum Gasteiger partial charge on any atom is -0.481 e. The fraction of sp³-hybridized carbons (Fsp3) is 0.409. The topological polar surface area (TPSA) is 61.8 Å². The molecule has 3 rings (SSSR count). The summed E-state index contributed by atoms with van der Waals surface area (Å²) in [6, 6.07) is 17.7. The number of nitrogens with one attached hydrogen (secondary N) is 1. The number of aliphatic hydroxyl groups excluding tert-OH is 1. The van der Waals surface area contributed by atoms with Crippen LogP contribution in [0.25, 0.3) is 0 Å². The second kappa shape index (κ2) is 10.0. The Hall–Kier alpha value is -1.89. The van der Waals surface area contributed by atoms with Gasteiger partial charge in [0.15, 0.2) is 6.10 Å². The third kappa shape index (κ3) is 5.80. The molecule has 6 heteroatoms. The minimum atomic E-state index is -0.613. The van der Waals surface area contributed by atoms with Gasteiger partial charge in [-0.15, -0.1) is 0 Å². The summed E-state index contributed by atoms with van der Waals surface area (Å²) in [7, 11) is 0. The van der Waals surface area contributed by atoms with Crippen LogP contribution in [0.3, 0.4) is 0 Å². The number of amides is 1. The molecular weight excluding hydrogens is 420 g/mol. The highest BCUT2D eigenvalue weighted by Gasteiger charge is 2.31. The lowest BCUT2D eigenvalue weighted by Gasteiger charge is -2.38. The number of rotatable bonds is 7. The molecule has 1 saturated heterocycles. The minimum absolute atomic E-state index is 0.0639. The summed E-state index contributed by atoms with van der Waals surface area (Å²) < 4.78 is 6.68. The molecule has 150 valence electrons. The van der Waals surface area contributed by atoms with Gasteiger partial charge in [-0.05, 0) is 43.7 Å². The van der Waals surface area contributed by atoms with Crippen LogP contribution >= 0.6 is 15.9 Å². The van der Waals surface area contributed by atoms with Gasteiger partial charge in [-0.1, -0.05) is 52.3 Å². The Bertz CT molecular complexity index is 771. The van der Waals surface area contributed by atoms with Crippen LogP contribution in [0.1, 0.15) is 18.9 Å². The van der Waals surface area contributed by atoms with Gasteiger partial charge >= 0.3 is 0 Å². The zero-order valence-corrected chi connectivity index (χ0v) is 17.6. The van der Waals surface area contributed by atoms with Gasteiger partial charge in [0.2, 0.25) is 0 Å². The number of likely N-dealkylation sites (tertiary alicyclic amines) is 1. The van der Waals surface area contributed by atoms with E-state index in [0.717, 1.165) is 30.5 Å². The van der Waals surface area contributed by atoms with Crippen LogP contribution in [-0.4, -0.2) is 47.8 Å². The summed E-state index contributed by atoms with van der Waals surface area (Å²) in [4.78, 5) is 15.0. The second-order valence-corrected chi connectivity index (χ2v) is 8.20. The van der Waals surface area contributed by atoms with E-state index < -0.39 is 6.10 Å². The van der Waals surface area contributed by atoms with Crippen LogP contribution in [-0.2, 0) is 11.3 Å². The Kier molecular flexibility index (Phi) is 7.48. The van der Waals surface area contributed by atoms with Gasteiger partial charge in [0, 0.05) is 36.1 Å². The van der Waals surface area contributed by atoms with Crippen LogP contribution in [0.15, 0.2) is 59.1 Å². The van der Waals surface area contributed by atoms with Crippen molar-refractivity contribution in [1.29, 1.82) is 0 Å². The standard InChI is InChI=1S/C22H27BrN2O3/c1-16(28-20-9-5-8-19(23)12-20)22(27)24-21-14-25(11-10-18(21)15-26)13-17-6-3-2-4-7-17/h2-9,12,16,18,21,26H,10-11,13-15H2,1H3,(H,24,27). The molecular formula is C22H27BrN2O3. The van der Waals surface area contributed by atoms with E-state index in [9.17, 15) is 9.90 Å². The SMILES string of the molecule is CC(Oc1cccc(Br)c1)C(=O)NC1CN(Cc2ccccc2)CCC1CO. The number of ether oxygens (including phenoxy) is 1. The summed E-state index contributed by atoms with van der Waals surface area (Å²) in [5, 5.41) is 12.8. The van der Waals surface area contributed by atoms with Crippen LogP contribution in [0.2, 0.25) is 0 Å². The van der Waals surface area contributed by atoms with Crippen LogP contribution in [0, 0.1) is 5.92 Å². The normalized spacial score (nSPS) is 21.1. The van der Waals surface area contributed by atoms with Gasteiger partial charge in [-0.2, -0.15) is 0 Å². The highest BCUT2D eigenvalue weighted by Crippen LogP contribution is 2.21. The quantitative estimate of drug-likeness (QED) is 0.685. The van der Waals surface area contributed by atoms with E-state index in [1.165, 1.54) is 5.56 Å². The predicted molar refractivity (Wildman–Crippen MR) is 113 cm³/mol. The van der Waals surface area contributed by atoms with Gasteiger partial charge < -0.3 is 15.2 Å². The monoisotopic (exact) mass is 446 g/mol. The summed E-state index contributed by atoms with van der Waals surface area (Å²) in [5.41, 5.74) is 1.25. The molecule has 1 aliphatic rings. The van der Waals surface area contributed by atoms with E-state index in [2.05, 4.69) is 38.3 Å². The van der Waals surface area contributed by atoms with Gasteiger partial charge in [-0.3, -0.25) is 9.69 Å². The molecule has 28 heavy (non-hydrogen) atoms. The number of halogens is 1. The average molecular weight is 447 g/mol. The van der Waals surface area contributed by atoms with Crippen molar-refractivity contribution in [2.24, 2.45) is 5.92 Å². The molecule has 3 atom stereocenters. The van der Waals surface area contributed by atoms with Crippen molar-refractivity contribution < 1.29 is 14.6 Å². The first-order valence-electron chi connectivity index (χ1n) is 9.65. The zero-order valence-electron chi connectivity index (χ0n) is 16.1. The number of carbonyl (C=O) groups is 1. The summed E-state index contributed by atoms with van der Waals surface area (Å²) in [5.74, 6) is 0.545. The Labute approximate surface area is 174 Å². The van der Waals surface area contributed by atoms with E-state index in [-0.39, 0.29) is 24.5 Å². The molecule has 2 aromatic carbocycles. The zero-order chi connectivity index (χ0) is 19.9. The maximum absolute atomic E-state index is 12.7. The average Bonchev–Trinajstić information content (AvgIpc) is 2.69. The summed E-state index contributed by atoms with van der Waals surface area (Å²) >= 11 is 3.41. The molecule has 0 radical (unpaired) electrons. The van der Waals surface area contributed by atoms with Crippen molar-refractivity contribution in [1.82, 2.24) is 10.2 Å². The van der Waals surface area contributed by atoms with Crippen molar-refractivity contribution in [3.63, 3.8) is 0 Å². The van der Waals surface area contributed by atoms with E-state index in [1.807, 2.05) is 42.5 Å². The third-order valence-corrected chi connectivity index (χ3v) is 5.62. The lowest BCUT2D eigenvalue weighted by molar-refractivity contribution is -0.129. The maximum Gasteiger partial charge on any atom is 0.261 e. The number of nitrogens with zero attached hydrogens (tertiary/aromatic N) is 1. The molecule has 1 fully saturated rings. The molecule has 0 saturated carbocycles. The Morgan fingerprint density at radius 3 is 2.79 bits per heavy atom. The molecule has 0 spiro atoms. The number of benzene rings is 2. The molecule has 3 unspecified atom stereocenters. The highest BCUT2D eigenvalue weighted by atomic mass is 79.9. The molecule has 0 aromatic heterocycles. The van der Waals surface area contributed by atoms with Gasteiger partial charge in [0.1, 0.15) is 5.75 Å².